The van der Waals surface area contributed by atoms with Crippen LogP contribution in [0.5, 0.6) is 0 Å². The van der Waals surface area contributed by atoms with Gasteiger partial charge in [-0.25, -0.2) is 0 Å². The average Bonchev–Trinajstić information content (AvgIpc) is 2.52. The smallest absolute Gasteiger partial charge is 0.241 e. The summed E-state index contributed by atoms with van der Waals surface area (Å²) in [5.41, 5.74) is 2.61. The third-order valence-electron chi connectivity index (χ3n) is 4.67. The fourth-order valence-corrected chi connectivity index (χ4v) is 3.32. The van der Waals surface area contributed by atoms with Crippen LogP contribution in [0.15, 0.2) is 24.3 Å². The van der Waals surface area contributed by atoms with Crippen molar-refractivity contribution in [2.24, 2.45) is 0 Å². The second-order valence-corrected chi connectivity index (χ2v) is 6.22. The van der Waals surface area contributed by atoms with Crippen molar-refractivity contribution < 1.29 is 4.79 Å². The van der Waals surface area contributed by atoms with Gasteiger partial charge in [0.25, 0.3) is 0 Å². The van der Waals surface area contributed by atoms with Crippen LogP contribution in [0, 0.1) is 0 Å². The minimum Gasteiger partial charge on any atom is -0.360 e. The van der Waals surface area contributed by atoms with Crippen molar-refractivity contribution >= 4 is 11.6 Å². The molecule has 2 aliphatic heterocycles. The molecular formula is C17H25N3O. The molecule has 0 saturated carbocycles. The van der Waals surface area contributed by atoms with Gasteiger partial charge in [0.15, 0.2) is 0 Å². The molecule has 0 aromatic heterocycles. The van der Waals surface area contributed by atoms with Crippen molar-refractivity contribution in [2.45, 2.75) is 31.7 Å². The molecule has 1 atom stereocenters. The lowest BCUT2D eigenvalue weighted by Gasteiger charge is -2.35. The summed E-state index contributed by atoms with van der Waals surface area (Å²) >= 11 is 0. The Labute approximate surface area is 127 Å². The third-order valence-corrected chi connectivity index (χ3v) is 4.67. The number of carbonyl (C=O) groups is 1. The lowest BCUT2D eigenvalue weighted by atomic mass is 9.96. The topological polar surface area (TPSA) is 35.6 Å². The van der Waals surface area contributed by atoms with Crippen LogP contribution in [0.25, 0.3) is 0 Å². The molecular weight excluding hydrogens is 262 g/mol. The van der Waals surface area contributed by atoms with Crippen LogP contribution < -0.4 is 10.2 Å². The Morgan fingerprint density at radius 2 is 2.10 bits per heavy atom. The number of benzene rings is 1. The summed E-state index contributed by atoms with van der Waals surface area (Å²) in [5.74, 6) is 0.215. The molecule has 2 aliphatic rings. The first-order valence-corrected chi connectivity index (χ1v) is 8.04. The van der Waals surface area contributed by atoms with Gasteiger partial charge in [-0.05, 0) is 37.4 Å². The molecule has 0 aliphatic carbocycles. The Bertz CT molecular complexity index is 497. The minimum absolute atomic E-state index is 0.215. The standard InChI is InChI=1S/C17H25N3O/c1-19-10-11-20(13-17(19)21)16-8-3-2-6-14(16)12-15-7-4-5-9-18-15/h2-3,6,8,15,18H,4-5,7,9-13H2,1H3. The number of nitrogens with zero attached hydrogens (tertiary/aromatic N) is 2. The second kappa shape index (κ2) is 6.48. The Morgan fingerprint density at radius 3 is 2.86 bits per heavy atom. The normalized spacial score (nSPS) is 23.5. The predicted octanol–water partition coefficient (Wildman–Crippen LogP) is 1.65. The molecule has 3 rings (SSSR count). The van der Waals surface area contributed by atoms with Gasteiger partial charge in [0.1, 0.15) is 0 Å². The molecule has 1 N–H and O–H groups in total. The first-order valence-electron chi connectivity index (χ1n) is 8.04. The van der Waals surface area contributed by atoms with E-state index in [4.69, 9.17) is 0 Å². The molecule has 2 heterocycles. The molecule has 114 valence electrons. The zero-order chi connectivity index (χ0) is 14.7. The first kappa shape index (κ1) is 14.4. The van der Waals surface area contributed by atoms with Gasteiger partial charge in [0.05, 0.1) is 6.54 Å². The number of amides is 1. The molecule has 1 amide bonds. The highest BCUT2D eigenvalue weighted by molar-refractivity contribution is 5.83. The Hall–Kier alpha value is -1.55. The summed E-state index contributed by atoms with van der Waals surface area (Å²) in [6.07, 6.45) is 4.95. The molecule has 1 aromatic rings. The van der Waals surface area contributed by atoms with Crippen LogP contribution in [0.4, 0.5) is 5.69 Å². The van der Waals surface area contributed by atoms with Crippen LogP contribution in [0.3, 0.4) is 0 Å². The van der Waals surface area contributed by atoms with Gasteiger partial charge in [0, 0.05) is 31.9 Å². The van der Waals surface area contributed by atoms with Crippen molar-refractivity contribution in [3.63, 3.8) is 0 Å². The highest BCUT2D eigenvalue weighted by Gasteiger charge is 2.23. The van der Waals surface area contributed by atoms with E-state index in [1.807, 2.05) is 11.9 Å². The van der Waals surface area contributed by atoms with Gasteiger partial charge in [-0.3, -0.25) is 4.79 Å². The largest absolute Gasteiger partial charge is 0.360 e. The van der Waals surface area contributed by atoms with E-state index in [-0.39, 0.29) is 5.91 Å². The van der Waals surface area contributed by atoms with E-state index < -0.39 is 0 Å². The minimum atomic E-state index is 0.215. The molecule has 21 heavy (non-hydrogen) atoms. The molecule has 1 unspecified atom stereocenters. The number of rotatable bonds is 3. The lowest BCUT2D eigenvalue weighted by Crippen LogP contribution is -2.49. The number of carbonyl (C=O) groups excluding carboxylic acids is 1. The summed E-state index contributed by atoms with van der Waals surface area (Å²) in [7, 11) is 1.89. The summed E-state index contributed by atoms with van der Waals surface area (Å²) in [6, 6.07) is 9.16. The van der Waals surface area contributed by atoms with Crippen molar-refractivity contribution in [2.75, 3.05) is 38.1 Å². The Kier molecular flexibility index (Phi) is 4.44. The van der Waals surface area contributed by atoms with Gasteiger partial charge >= 0.3 is 0 Å². The Balaban J connectivity index is 1.74. The highest BCUT2D eigenvalue weighted by atomic mass is 16.2. The first-order chi connectivity index (χ1) is 10.2. The van der Waals surface area contributed by atoms with E-state index in [1.165, 1.54) is 30.5 Å². The van der Waals surface area contributed by atoms with E-state index in [2.05, 4.69) is 34.5 Å². The van der Waals surface area contributed by atoms with Crippen molar-refractivity contribution in [3.8, 4) is 0 Å². The van der Waals surface area contributed by atoms with E-state index in [0.29, 0.717) is 12.6 Å². The fourth-order valence-electron chi connectivity index (χ4n) is 3.32. The summed E-state index contributed by atoms with van der Waals surface area (Å²) < 4.78 is 0. The van der Waals surface area contributed by atoms with E-state index in [1.54, 1.807) is 0 Å². The van der Waals surface area contributed by atoms with Gasteiger partial charge < -0.3 is 15.1 Å². The van der Waals surface area contributed by atoms with Crippen LogP contribution >= 0.6 is 0 Å². The fraction of sp³-hybridized carbons (Fsp3) is 0.588. The van der Waals surface area contributed by atoms with Gasteiger partial charge in [-0.15, -0.1) is 0 Å². The average molecular weight is 287 g/mol. The number of likely N-dealkylation sites (N-methyl/N-ethyl adjacent to an activating group) is 1. The number of piperazine rings is 1. The van der Waals surface area contributed by atoms with Crippen LogP contribution in [0.2, 0.25) is 0 Å². The van der Waals surface area contributed by atoms with Crippen molar-refractivity contribution in [1.82, 2.24) is 10.2 Å². The van der Waals surface area contributed by atoms with Gasteiger partial charge in [-0.2, -0.15) is 0 Å². The van der Waals surface area contributed by atoms with E-state index in [9.17, 15) is 4.79 Å². The summed E-state index contributed by atoms with van der Waals surface area (Å²) in [6.45, 7) is 3.39. The number of para-hydroxylation sites is 1. The summed E-state index contributed by atoms with van der Waals surface area (Å²) in [4.78, 5) is 16.0. The maximum Gasteiger partial charge on any atom is 0.241 e. The number of anilines is 1. The maximum atomic E-state index is 12.0. The van der Waals surface area contributed by atoms with Gasteiger partial charge in [0.2, 0.25) is 5.91 Å². The molecule has 1 aromatic carbocycles. The molecule has 2 fully saturated rings. The Morgan fingerprint density at radius 1 is 1.24 bits per heavy atom. The molecule has 2 saturated heterocycles. The molecule has 0 bridgehead atoms. The zero-order valence-corrected chi connectivity index (χ0v) is 12.8. The highest BCUT2D eigenvalue weighted by Crippen LogP contribution is 2.24. The third kappa shape index (κ3) is 3.38. The van der Waals surface area contributed by atoms with E-state index in [0.717, 1.165) is 26.1 Å². The van der Waals surface area contributed by atoms with Crippen LogP contribution in [-0.4, -0.2) is 50.1 Å². The predicted molar refractivity (Wildman–Crippen MR) is 85.6 cm³/mol. The lowest BCUT2D eigenvalue weighted by molar-refractivity contribution is -0.129. The number of nitrogens with one attached hydrogen (secondary N) is 1. The molecule has 4 heteroatoms. The molecule has 4 nitrogen and oxygen atoms in total. The van der Waals surface area contributed by atoms with Crippen LogP contribution in [-0.2, 0) is 11.2 Å². The van der Waals surface area contributed by atoms with Gasteiger partial charge in [-0.1, -0.05) is 24.6 Å². The van der Waals surface area contributed by atoms with Crippen LogP contribution in [0.1, 0.15) is 24.8 Å². The van der Waals surface area contributed by atoms with Crippen molar-refractivity contribution in [1.29, 1.82) is 0 Å². The number of hydrogen-bond acceptors (Lipinski definition) is 3. The zero-order valence-electron chi connectivity index (χ0n) is 12.8. The van der Waals surface area contributed by atoms with E-state index >= 15 is 0 Å². The number of hydrogen-bond donors (Lipinski definition) is 1. The molecule has 0 spiro atoms. The summed E-state index contributed by atoms with van der Waals surface area (Å²) in [5, 5.41) is 3.62. The maximum absolute atomic E-state index is 12.0. The van der Waals surface area contributed by atoms with Crippen molar-refractivity contribution in [3.05, 3.63) is 29.8 Å². The second-order valence-electron chi connectivity index (χ2n) is 6.22. The number of piperidine rings is 1. The SMILES string of the molecule is CN1CCN(c2ccccc2CC2CCCCN2)CC1=O. The quantitative estimate of drug-likeness (QED) is 0.918. The monoisotopic (exact) mass is 287 g/mol. The molecule has 0 radical (unpaired) electrons.